The quantitative estimate of drug-likeness (QED) is 0.738. The van der Waals surface area contributed by atoms with Gasteiger partial charge in [-0.3, -0.25) is 4.79 Å². The maximum Gasteiger partial charge on any atom is 0.308 e. The molecule has 1 heterocycles. The zero-order valence-electron chi connectivity index (χ0n) is 10.6. The van der Waals surface area contributed by atoms with Crippen LogP contribution in [0, 0.1) is 11.8 Å². The molecular formula is C12H24N2O2. The van der Waals surface area contributed by atoms with Crippen molar-refractivity contribution in [3.8, 4) is 0 Å². The van der Waals surface area contributed by atoms with Gasteiger partial charge < -0.3 is 15.3 Å². The van der Waals surface area contributed by atoms with E-state index in [9.17, 15) is 9.90 Å². The second-order valence-electron chi connectivity index (χ2n) is 4.81. The SMILES string of the molecule is CCC(C(=O)O)C(NC)C1CCN(C)CC1. The van der Waals surface area contributed by atoms with E-state index in [2.05, 4.69) is 17.3 Å². The van der Waals surface area contributed by atoms with Crippen LogP contribution >= 0.6 is 0 Å². The molecule has 94 valence electrons. The smallest absolute Gasteiger partial charge is 0.308 e. The molecule has 1 fully saturated rings. The van der Waals surface area contributed by atoms with Crippen LogP contribution in [0.1, 0.15) is 26.2 Å². The highest BCUT2D eigenvalue weighted by molar-refractivity contribution is 5.70. The van der Waals surface area contributed by atoms with Gasteiger partial charge in [0.2, 0.25) is 0 Å². The second-order valence-corrected chi connectivity index (χ2v) is 4.81. The Morgan fingerprint density at radius 3 is 2.44 bits per heavy atom. The Hall–Kier alpha value is -0.610. The number of carbonyl (C=O) groups is 1. The van der Waals surface area contributed by atoms with Crippen LogP contribution in [-0.4, -0.2) is 49.2 Å². The molecule has 1 rings (SSSR count). The van der Waals surface area contributed by atoms with E-state index in [4.69, 9.17) is 0 Å². The summed E-state index contributed by atoms with van der Waals surface area (Å²) < 4.78 is 0. The zero-order chi connectivity index (χ0) is 12.1. The van der Waals surface area contributed by atoms with Crippen LogP contribution in [0.3, 0.4) is 0 Å². The molecule has 0 spiro atoms. The van der Waals surface area contributed by atoms with Crippen molar-refractivity contribution in [2.75, 3.05) is 27.2 Å². The van der Waals surface area contributed by atoms with Gasteiger partial charge in [-0.25, -0.2) is 0 Å². The number of hydrogen-bond donors (Lipinski definition) is 2. The minimum atomic E-state index is -0.666. The van der Waals surface area contributed by atoms with Crippen LogP contribution in [0.4, 0.5) is 0 Å². The molecule has 1 aliphatic rings. The molecule has 0 bridgehead atoms. The van der Waals surface area contributed by atoms with Gasteiger partial charge in [0, 0.05) is 6.04 Å². The minimum Gasteiger partial charge on any atom is -0.481 e. The number of likely N-dealkylation sites (tertiary alicyclic amines) is 1. The molecule has 2 N–H and O–H groups in total. The van der Waals surface area contributed by atoms with Crippen LogP contribution < -0.4 is 5.32 Å². The zero-order valence-corrected chi connectivity index (χ0v) is 10.6. The van der Waals surface area contributed by atoms with Gasteiger partial charge in [-0.05, 0) is 52.4 Å². The molecule has 1 aliphatic heterocycles. The van der Waals surface area contributed by atoms with E-state index in [0.29, 0.717) is 12.3 Å². The summed E-state index contributed by atoms with van der Waals surface area (Å²) in [7, 11) is 4.01. The van der Waals surface area contributed by atoms with E-state index in [0.717, 1.165) is 25.9 Å². The van der Waals surface area contributed by atoms with Gasteiger partial charge >= 0.3 is 5.97 Å². The van der Waals surface area contributed by atoms with Gasteiger partial charge in [0.1, 0.15) is 0 Å². The summed E-state index contributed by atoms with van der Waals surface area (Å²) in [5.74, 6) is -0.415. The first-order chi connectivity index (χ1) is 7.60. The molecule has 0 amide bonds. The number of carboxylic acids is 1. The maximum absolute atomic E-state index is 11.2. The molecule has 2 unspecified atom stereocenters. The Balaban J connectivity index is 2.62. The van der Waals surface area contributed by atoms with E-state index in [1.165, 1.54) is 0 Å². The first kappa shape index (κ1) is 13.5. The number of aliphatic carboxylic acids is 1. The first-order valence-electron chi connectivity index (χ1n) is 6.18. The number of nitrogens with zero attached hydrogens (tertiary/aromatic N) is 1. The predicted octanol–water partition coefficient (Wildman–Crippen LogP) is 1.03. The van der Waals surface area contributed by atoms with Gasteiger partial charge in [-0.15, -0.1) is 0 Å². The molecule has 0 aromatic heterocycles. The summed E-state index contributed by atoms with van der Waals surface area (Å²) in [5, 5.41) is 12.4. The van der Waals surface area contributed by atoms with E-state index < -0.39 is 5.97 Å². The third-order valence-corrected chi connectivity index (χ3v) is 3.79. The second kappa shape index (κ2) is 6.21. The summed E-state index contributed by atoms with van der Waals surface area (Å²) in [6.07, 6.45) is 2.91. The maximum atomic E-state index is 11.2. The lowest BCUT2D eigenvalue weighted by Crippen LogP contribution is -2.47. The summed E-state index contributed by atoms with van der Waals surface area (Å²) in [6.45, 7) is 4.12. The van der Waals surface area contributed by atoms with E-state index in [1.54, 1.807) is 0 Å². The van der Waals surface area contributed by atoms with E-state index >= 15 is 0 Å². The lowest BCUT2D eigenvalue weighted by molar-refractivity contribution is -0.143. The number of carboxylic acid groups (broad SMARTS) is 1. The van der Waals surface area contributed by atoms with Crippen LogP contribution in [0.15, 0.2) is 0 Å². The topological polar surface area (TPSA) is 52.6 Å². The monoisotopic (exact) mass is 228 g/mol. The van der Waals surface area contributed by atoms with Crippen molar-refractivity contribution >= 4 is 5.97 Å². The molecule has 0 aromatic rings. The molecule has 1 saturated heterocycles. The van der Waals surface area contributed by atoms with Crippen molar-refractivity contribution in [1.82, 2.24) is 10.2 Å². The first-order valence-corrected chi connectivity index (χ1v) is 6.18. The number of hydrogen-bond acceptors (Lipinski definition) is 3. The Labute approximate surface area is 98.0 Å². The fourth-order valence-electron chi connectivity index (χ4n) is 2.74. The molecule has 0 aromatic carbocycles. The molecule has 2 atom stereocenters. The molecule has 0 saturated carbocycles. The molecule has 4 heteroatoms. The molecular weight excluding hydrogens is 204 g/mol. The minimum absolute atomic E-state index is 0.121. The number of piperidine rings is 1. The molecule has 0 aliphatic carbocycles. The average molecular weight is 228 g/mol. The average Bonchev–Trinajstić information content (AvgIpc) is 2.26. The van der Waals surface area contributed by atoms with E-state index in [-0.39, 0.29) is 12.0 Å². The molecule has 0 radical (unpaired) electrons. The van der Waals surface area contributed by atoms with Crippen molar-refractivity contribution in [2.45, 2.75) is 32.2 Å². The number of rotatable bonds is 5. The lowest BCUT2D eigenvalue weighted by atomic mass is 9.81. The van der Waals surface area contributed by atoms with Crippen LogP contribution in [0.2, 0.25) is 0 Å². The van der Waals surface area contributed by atoms with Crippen LogP contribution in [0.25, 0.3) is 0 Å². The fraction of sp³-hybridized carbons (Fsp3) is 0.917. The van der Waals surface area contributed by atoms with Crippen molar-refractivity contribution in [3.05, 3.63) is 0 Å². The third kappa shape index (κ3) is 3.19. The highest BCUT2D eigenvalue weighted by Gasteiger charge is 2.33. The fourth-order valence-corrected chi connectivity index (χ4v) is 2.74. The lowest BCUT2D eigenvalue weighted by Gasteiger charge is -2.36. The van der Waals surface area contributed by atoms with Crippen molar-refractivity contribution in [3.63, 3.8) is 0 Å². The highest BCUT2D eigenvalue weighted by atomic mass is 16.4. The Morgan fingerprint density at radius 2 is 2.06 bits per heavy atom. The summed E-state index contributed by atoms with van der Waals surface area (Å²) in [4.78, 5) is 13.5. The van der Waals surface area contributed by atoms with Crippen molar-refractivity contribution in [2.24, 2.45) is 11.8 Å². The molecule has 16 heavy (non-hydrogen) atoms. The Morgan fingerprint density at radius 1 is 1.50 bits per heavy atom. The standard InChI is InChI=1S/C12H24N2O2/c1-4-10(12(15)16)11(13-2)9-5-7-14(3)8-6-9/h9-11,13H,4-8H2,1-3H3,(H,15,16). The van der Waals surface area contributed by atoms with Crippen molar-refractivity contribution < 1.29 is 9.90 Å². The van der Waals surface area contributed by atoms with Crippen LogP contribution in [0.5, 0.6) is 0 Å². The highest BCUT2D eigenvalue weighted by Crippen LogP contribution is 2.26. The predicted molar refractivity (Wildman–Crippen MR) is 64.5 cm³/mol. The Bertz CT molecular complexity index is 225. The van der Waals surface area contributed by atoms with Gasteiger partial charge in [0.25, 0.3) is 0 Å². The number of nitrogens with one attached hydrogen (secondary N) is 1. The Kier molecular flexibility index (Phi) is 5.22. The normalized spacial score (nSPS) is 22.9. The van der Waals surface area contributed by atoms with Gasteiger partial charge in [-0.2, -0.15) is 0 Å². The third-order valence-electron chi connectivity index (χ3n) is 3.79. The summed E-state index contributed by atoms with van der Waals surface area (Å²) >= 11 is 0. The van der Waals surface area contributed by atoms with Crippen molar-refractivity contribution in [1.29, 1.82) is 0 Å². The largest absolute Gasteiger partial charge is 0.481 e. The van der Waals surface area contributed by atoms with Gasteiger partial charge in [-0.1, -0.05) is 6.92 Å². The molecule has 4 nitrogen and oxygen atoms in total. The van der Waals surface area contributed by atoms with E-state index in [1.807, 2.05) is 14.0 Å². The summed E-state index contributed by atoms with van der Waals surface area (Å²) in [5.41, 5.74) is 0. The van der Waals surface area contributed by atoms with Crippen LogP contribution in [-0.2, 0) is 4.79 Å². The van der Waals surface area contributed by atoms with Gasteiger partial charge in [0.15, 0.2) is 0 Å². The summed E-state index contributed by atoms with van der Waals surface area (Å²) in [6, 6.07) is 0.121. The van der Waals surface area contributed by atoms with Gasteiger partial charge in [0.05, 0.1) is 5.92 Å².